The maximum absolute atomic E-state index is 9.77. The smallest absolute Gasteiger partial charge is 0.116 e. The average molecular weight is 382 g/mol. The Balaban J connectivity index is 1.57. The van der Waals surface area contributed by atoms with Crippen LogP contribution in [0.2, 0.25) is 0 Å². The molecule has 5 heteroatoms. The van der Waals surface area contributed by atoms with Crippen molar-refractivity contribution in [2.75, 3.05) is 0 Å². The van der Waals surface area contributed by atoms with Crippen LogP contribution in [0.5, 0.6) is 5.75 Å². The van der Waals surface area contributed by atoms with Crippen LogP contribution in [0.1, 0.15) is 17.1 Å². The van der Waals surface area contributed by atoms with E-state index in [1.165, 1.54) is 0 Å². The number of aromatic hydroxyl groups is 1. The van der Waals surface area contributed by atoms with E-state index in [1.807, 2.05) is 79.1 Å². The second-order valence-electron chi connectivity index (χ2n) is 6.85. The Hall–Kier alpha value is -3.57. The zero-order valence-electron chi connectivity index (χ0n) is 16.0. The number of phenolic OH excluding ortho intramolecular Hbond substituents is 1. The third kappa shape index (κ3) is 5.24. The summed E-state index contributed by atoms with van der Waals surface area (Å²) in [4.78, 5) is 16.0. The molecule has 3 aromatic heterocycles. The second kappa shape index (κ2) is 9.08. The Labute approximate surface area is 170 Å². The van der Waals surface area contributed by atoms with Crippen molar-refractivity contribution in [2.24, 2.45) is 0 Å². The molecule has 0 fully saturated rings. The van der Waals surface area contributed by atoms with E-state index in [1.54, 1.807) is 12.1 Å². The molecule has 0 saturated heterocycles. The summed E-state index contributed by atoms with van der Waals surface area (Å²) in [5, 5.41) is 9.77. The molecule has 0 amide bonds. The molecule has 29 heavy (non-hydrogen) atoms. The Bertz CT molecular complexity index is 1010. The number of benzene rings is 1. The number of rotatable bonds is 7. The molecule has 5 nitrogen and oxygen atoms in total. The summed E-state index contributed by atoms with van der Waals surface area (Å²) in [6.07, 6.45) is 3.63. The van der Waals surface area contributed by atoms with E-state index in [-0.39, 0.29) is 5.75 Å². The Morgan fingerprint density at radius 1 is 0.655 bits per heavy atom. The fourth-order valence-corrected chi connectivity index (χ4v) is 3.23. The van der Waals surface area contributed by atoms with Gasteiger partial charge in [-0.25, -0.2) is 0 Å². The summed E-state index contributed by atoms with van der Waals surface area (Å²) >= 11 is 0. The molecule has 3 heterocycles. The number of nitrogens with zero attached hydrogens (tertiary/aromatic N) is 4. The van der Waals surface area contributed by atoms with Crippen LogP contribution in [0.4, 0.5) is 0 Å². The Kier molecular flexibility index (Phi) is 5.88. The van der Waals surface area contributed by atoms with E-state index in [4.69, 9.17) is 4.98 Å². The molecular weight excluding hydrogens is 360 g/mol. The fourth-order valence-electron chi connectivity index (χ4n) is 3.23. The van der Waals surface area contributed by atoms with E-state index in [0.29, 0.717) is 19.6 Å². The van der Waals surface area contributed by atoms with Crippen LogP contribution >= 0.6 is 0 Å². The van der Waals surface area contributed by atoms with Gasteiger partial charge in [0, 0.05) is 37.6 Å². The fraction of sp³-hybridized carbons (Fsp3) is 0.125. The van der Waals surface area contributed by atoms with Crippen molar-refractivity contribution < 1.29 is 5.11 Å². The van der Waals surface area contributed by atoms with Crippen LogP contribution in [0.3, 0.4) is 0 Å². The first-order valence-corrected chi connectivity index (χ1v) is 9.54. The molecule has 4 rings (SSSR count). The maximum Gasteiger partial charge on any atom is 0.116 e. The van der Waals surface area contributed by atoms with E-state index in [2.05, 4.69) is 14.9 Å². The van der Waals surface area contributed by atoms with Gasteiger partial charge in [0.2, 0.25) is 0 Å². The van der Waals surface area contributed by atoms with Crippen molar-refractivity contribution in [3.05, 3.63) is 108 Å². The minimum atomic E-state index is 0.238. The maximum atomic E-state index is 9.77. The van der Waals surface area contributed by atoms with Crippen LogP contribution in [-0.2, 0) is 19.6 Å². The van der Waals surface area contributed by atoms with Crippen molar-refractivity contribution >= 4 is 0 Å². The Morgan fingerprint density at radius 2 is 1.28 bits per heavy atom. The molecule has 0 bridgehead atoms. The Morgan fingerprint density at radius 3 is 1.90 bits per heavy atom. The highest BCUT2D eigenvalue weighted by molar-refractivity contribution is 5.61. The molecule has 0 unspecified atom stereocenters. The van der Waals surface area contributed by atoms with E-state index >= 15 is 0 Å². The third-order valence-corrected chi connectivity index (χ3v) is 4.56. The summed E-state index contributed by atoms with van der Waals surface area (Å²) in [6, 6.07) is 25.1. The van der Waals surface area contributed by atoms with Gasteiger partial charge >= 0.3 is 0 Å². The van der Waals surface area contributed by atoms with Gasteiger partial charge in [-0.15, -0.1) is 0 Å². The highest BCUT2D eigenvalue weighted by Crippen LogP contribution is 2.22. The van der Waals surface area contributed by atoms with Crippen molar-refractivity contribution in [3.63, 3.8) is 0 Å². The summed E-state index contributed by atoms with van der Waals surface area (Å²) in [6.45, 7) is 2.07. The summed E-state index contributed by atoms with van der Waals surface area (Å²) in [5.41, 5.74) is 4.71. The van der Waals surface area contributed by atoms with Crippen molar-refractivity contribution in [3.8, 4) is 17.0 Å². The molecule has 0 aliphatic heterocycles. The van der Waals surface area contributed by atoms with Gasteiger partial charge in [0.05, 0.1) is 22.8 Å². The summed E-state index contributed by atoms with van der Waals surface area (Å²) in [7, 11) is 0. The lowest BCUT2D eigenvalue weighted by Crippen LogP contribution is -2.24. The largest absolute Gasteiger partial charge is 0.508 e. The minimum absolute atomic E-state index is 0.238. The first-order valence-electron chi connectivity index (χ1n) is 9.54. The van der Waals surface area contributed by atoms with Crippen molar-refractivity contribution in [1.29, 1.82) is 0 Å². The van der Waals surface area contributed by atoms with Crippen molar-refractivity contribution in [2.45, 2.75) is 19.6 Å². The van der Waals surface area contributed by atoms with Crippen LogP contribution in [0.25, 0.3) is 11.3 Å². The van der Waals surface area contributed by atoms with E-state index in [0.717, 1.165) is 28.3 Å². The van der Waals surface area contributed by atoms with Gasteiger partial charge in [0.25, 0.3) is 0 Å². The molecule has 0 spiro atoms. The molecule has 0 atom stereocenters. The standard InChI is InChI=1S/C24H22N4O/c29-23-11-5-7-19(15-23)24-12-6-10-22(27-24)18-28(16-20-8-1-3-13-25-20)17-21-9-2-4-14-26-21/h1-15,29H,16-18H2. The van der Waals surface area contributed by atoms with Crippen LogP contribution in [-0.4, -0.2) is 25.0 Å². The zero-order valence-corrected chi connectivity index (χ0v) is 16.0. The van der Waals surface area contributed by atoms with E-state index in [9.17, 15) is 5.11 Å². The number of phenols is 1. The molecular formula is C24H22N4O. The lowest BCUT2D eigenvalue weighted by Gasteiger charge is -2.21. The van der Waals surface area contributed by atoms with Crippen LogP contribution < -0.4 is 0 Å². The number of hydrogen-bond acceptors (Lipinski definition) is 5. The van der Waals surface area contributed by atoms with Crippen molar-refractivity contribution in [1.82, 2.24) is 19.9 Å². The van der Waals surface area contributed by atoms with Gasteiger partial charge in [0.15, 0.2) is 0 Å². The van der Waals surface area contributed by atoms with Crippen LogP contribution in [0.15, 0.2) is 91.3 Å². The van der Waals surface area contributed by atoms with Crippen LogP contribution in [0, 0.1) is 0 Å². The first kappa shape index (κ1) is 18.8. The third-order valence-electron chi connectivity index (χ3n) is 4.56. The highest BCUT2D eigenvalue weighted by Gasteiger charge is 2.11. The second-order valence-corrected chi connectivity index (χ2v) is 6.85. The molecule has 1 aromatic carbocycles. The lowest BCUT2D eigenvalue weighted by atomic mass is 10.1. The monoisotopic (exact) mass is 382 g/mol. The topological polar surface area (TPSA) is 62.1 Å². The van der Waals surface area contributed by atoms with Gasteiger partial charge in [-0.2, -0.15) is 0 Å². The number of hydrogen-bond donors (Lipinski definition) is 1. The van der Waals surface area contributed by atoms with Gasteiger partial charge in [0.1, 0.15) is 5.75 Å². The van der Waals surface area contributed by atoms with Gasteiger partial charge in [-0.1, -0.05) is 30.3 Å². The molecule has 0 aliphatic carbocycles. The molecule has 0 aliphatic rings. The quantitative estimate of drug-likeness (QED) is 0.512. The predicted molar refractivity (Wildman–Crippen MR) is 113 cm³/mol. The van der Waals surface area contributed by atoms with E-state index < -0.39 is 0 Å². The number of aromatic nitrogens is 3. The zero-order chi connectivity index (χ0) is 19.9. The lowest BCUT2D eigenvalue weighted by molar-refractivity contribution is 0.239. The molecule has 144 valence electrons. The summed E-state index contributed by atoms with van der Waals surface area (Å²) in [5.74, 6) is 0.238. The number of pyridine rings is 3. The summed E-state index contributed by atoms with van der Waals surface area (Å²) < 4.78 is 0. The average Bonchev–Trinajstić information content (AvgIpc) is 2.75. The van der Waals surface area contributed by atoms with Gasteiger partial charge in [-0.05, 0) is 48.5 Å². The molecule has 4 aromatic rings. The molecule has 0 saturated carbocycles. The van der Waals surface area contributed by atoms with Gasteiger partial charge in [-0.3, -0.25) is 19.9 Å². The SMILES string of the molecule is Oc1cccc(-c2cccc(CN(Cc3ccccn3)Cc3ccccn3)n2)c1. The normalized spacial score (nSPS) is 10.9. The molecule has 0 radical (unpaired) electrons. The molecule has 1 N–H and O–H groups in total. The minimum Gasteiger partial charge on any atom is -0.508 e. The highest BCUT2D eigenvalue weighted by atomic mass is 16.3. The predicted octanol–water partition coefficient (Wildman–Crippen LogP) is 4.45. The first-order chi connectivity index (χ1) is 14.3. The van der Waals surface area contributed by atoms with Gasteiger partial charge < -0.3 is 5.11 Å².